The molecule has 0 bridgehead atoms. The van der Waals surface area contributed by atoms with Gasteiger partial charge in [0.15, 0.2) is 11.5 Å². The second kappa shape index (κ2) is 8.35. The number of fused-ring (bicyclic) bond motifs is 1. The van der Waals surface area contributed by atoms with Gasteiger partial charge in [-0.2, -0.15) is 5.10 Å². The van der Waals surface area contributed by atoms with Crippen LogP contribution in [0.5, 0.6) is 11.5 Å². The minimum absolute atomic E-state index is 0.0507. The highest BCUT2D eigenvalue weighted by atomic mass is 16.7. The van der Waals surface area contributed by atoms with E-state index in [1.54, 1.807) is 18.2 Å². The second-order valence-electron chi connectivity index (χ2n) is 6.25. The summed E-state index contributed by atoms with van der Waals surface area (Å²) in [6.07, 6.45) is 1.64. The Balaban J connectivity index is 1.42. The van der Waals surface area contributed by atoms with Crippen molar-refractivity contribution in [3.63, 3.8) is 0 Å². The first-order valence-corrected chi connectivity index (χ1v) is 8.60. The fourth-order valence-electron chi connectivity index (χ4n) is 2.50. The highest BCUT2D eigenvalue weighted by Crippen LogP contribution is 2.31. The Hall–Kier alpha value is -3.35. The number of hydrazone groups is 1. The lowest BCUT2D eigenvalue weighted by Crippen LogP contribution is -2.20. The monoisotopic (exact) mass is 367 g/mol. The van der Waals surface area contributed by atoms with Gasteiger partial charge in [0.05, 0.1) is 6.21 Å². The summed E-state index contributed by atoms with van der Waals surface area (Å²) < 4.78 is 10.5. The van der Waals surface area contributed by atoms with E-state index in [4.69, 9.17) is 9.47 Å². The minimum Gasteiger partial charge on any atom is -0.454 e. The zero-order valence-corrected chi connectivity index (χ0v) is 15.2. The molecule has 1 aliphatic rings. The predicted molar refractivity (Wildman–Crippen MR) is 102 cm³/mol. The Morgan fingerprint density at radius 3 is 2.59 bits per heavy atom. The molecule has 3 rings (SSSR count). The number of amides is 2. The largest absolute Gasteiger partial charge is 0.454 e. The molecule has 1 aliphatic heterocycles. The molecule has 0 spiro atoms. The van der Waals surface area contributed by atoms with Crippen LogP contribution in [0, 0.1) is 13.8 Å². The van der Waals surface area contributed by atoms with Crippen LogP contribution in [0.4, 0.5) is 5.69 Å². The van der Waals surface area contributed by atoms with Crippen molar-refractivity contribution in [2.45, 2.75) is 26.7 Å². The Bertz CT molecular complexity index is 893. The summed E-state index contributed by atoms with van der Waals surface area (Å²) in [7, 11) is 0. The number of ether oxygens (including phenoxy) is 2. The quantitative estimate of drug-likeness (QED) is 0.607. The van der Waals surface area contributed by atoms with Gasteiger partial charge in [0, 0.05) is 18.5 Å². The Labute approximate surface area is 157 Å². The third-order valence-corrected chi connectivity index (χ3v) is 4.17. The molecule has 7 heteroatoms. The van der Waals surface area contributed by atoms with Gasteiger partial charge < -0.3 is 14.8 Å². The molecule has 7 nitrogen and oxygen atoms in total. The van der Waals surface area contributed by atoms with Gasteiger partial charge in [0.25, 0.3) is 0 Å². The van der Waals surface area contributed by atoms with E-state index in [2.05, 4.69) is 15.8 Å². The van der Waals surface area contributed by atoms with Crippen LogP contribution in [-0.2, 0) is 9.59 Å². The zero-order valence-electron chi connectivity index (χ0n) is 15.2. The molecule has 2 N–H and O–H groups in total. The van der Waals surface area contributed by atoms with Crippen molar-refractivity contribution in [2.75, 3.05) is 12.1 Å². The molecule has 0 saturated heterocycles. The number of nitrogens with zero attached hydrogens (tertiary/aromatic N) is 1. The SMILES string of the molecule is Cc1ccc(NC(=O)CCC(=O)N/N=C\c2ccc3c(c2)OCO3)cc1C. The van der Waals surface area contributed by atoms with Gasteiger partial charge in [-0.25, -0.2) is 5.43 Å². The molecule has 140 valence electrons. The van der Waals surface area contributed by atoms with E-state index in [1.807, 2.05) is 32.0 Å². The Kier molecular flexibility index (Phi) is 5.71. The molecular weight excluding hydrogens is 346 g/mol. The molecule has 1 heterocycles. The highest BCUT2D eigenvalue weighted by Gasteiger charge is 2.12. The van der Waals surface area contributed by atoms with E-state index in [0.29, 0.717) is 11.5 Å². The summed E-state index contributed by atoms with van der Waals surface area (Å²) in [6.45, 7) is 4.20. The smallest absolute Gasteiger partial charge is 0.240 e. The summed E-state index contributed by atoms with van der Waals surface area (Å²) in [5, 5.41) is 6.69. The van der Waals surface area contributed by atoms with Crippen LogP contribution >= 0.6 is 0 Å². The molecule has 2 amide bonds. The molecule has 0 fully saturated rings. The Morgan fingerprint density at radius 2 is 1.78 bits per heavy atom. The number of aryl methyl sites for hydroxylation is 2. The molecule has 0 aliphatic carbocycles. The summed E-state index contributed by atoms with van der Waals surface area (Å²) in [5.74, 6) is 0.787. The number of hydrogen-bond acceptors (Lipinski definition) is 5. The molecule has 0 saturated carbocycles. The van der Waals surface area contributed by atoms with Crippen LogP contribution in [0.3, 0.4) is 0 Å². The number of rotatable bonds is 6. The Morgan fingerprint density at radius 1 is 1.00 bits per heavy atom. The third kappa shape index (κ3) is 5.07. The van der Waals surface area contributed by atoms with Crippen molar-refractivity contribution >= 4 is 23.7 Å². The molecule has 0 unspecified atom stereocenters. The van der Waals surface area contributed by atoms with Gasteiger partial charge in [-0.15, -0.1) is 0 Å². The predicted octanol–water partition coefficient (Wildman–Crippen LogP) is 2.90. The molecule has 2 aromatic carbocycles. The number of anilines is 1. The first-order valence-electron chi connectivity index (χ1n) is 8.60. The van der Waals surface area contributed by atoms with Gasteiger partial charge in [-0.05, 0) is 60.9 Å². The van der Waals surface area contributed by atoms with Crippen molar-refractivity contribution in [3.05, 3.63) is 53.1 Å². The molecule has 2 aromatic rings. The van der Waals surface area contributed by atoms with Gasteiger partial charge in [-0.3, -0.25) is 9.59 Å². The van der Waals surface area contributed by atoms with Gasteiger partial charge in [0.1, 0.15) is 0 Å². The third-order valence-electron chi connectivity index (χ3n) is 4.17. The van der Waals surface area contributed by atoms with Gasteiger partial charge in [-0.1, -0.05) is 6.07 Å². The summed E-state index contributed by atoms with van der Waals surface area (Å²) in [4.78, 5) is 23.8. The van der Waals surface area contributed by atoms with Crippen molar-refractivity contribution < 1.29 is 19.1 Å². The maximum atomic E-state index is 12.0. The average Bonchev–Trinajstić information content (AvgIpc) is 3.11. The molecular formula is C20H21N3O4. The number of benzene rings is 2. The van der Waals surface area contributed by atoms with Crippen LogP contribution in [-0.4, -0.2) is 24.8 Å². The molecule has 0 atom stereocenters. The van der Waals surface area contributed by atoms with Gasteiger partial charge >= 0.3 is 0 Å². The molecule has 0 aromatic heterocycles. The van der Waals surface area contributed by atoms with Crippen LogP contribution in [0.25, 0.3) is 0 Å². The van der Waals surface area contributed by atoms with Crippen molar-refractivity contribution in [3.8, 4) is 11.5 Å². The molecule has 0 radical (unpaired) electrons. The lowest BCUT2D eigenvalue weighted by atomic mass is 10.1. The van der Waals surface area contributed by atoms with Crippen LogP contribution in [0.2, 0.25) is 0 Å². The molecule has 27 heavy (non-hydrogen) atoms. The normalized spacial score (nSPS) is 12.2. The first-order chi connectivity index (χ1) is 13.0. The summed E-state index contributed by atoms with van der Waals surface area (Å²) in [6, 6.07) is 11.1. The lowest BCUT2D eigenvalue weighted by molar-refractivity contribution is -0.124. The van der Waals surface area contributed by atoms with E-state index >= 15 is 0 Å². The van der Waals surface area contributed by atoms with Crippen LogP contribution in [0.1, 0.15) is 29.5 Å². The summed E-state index contributed by atoms with van der Waals surface area (Å²) in [5.41, 5.74) is 6.17. The number of nitrogens with one attached hydrogen (secondary N) is 2. The maximum absolute atomic E-state index is 12.0. The number of hydrogen-bond donors (Lipinski definition) is 2. The highest BCUT2D eigenvalue weighted by molar-refractivity contribution is 5.93. The first kappa shape index (κ1) is 18.4. The van der Waals surface area contributed by atoms with Gasteiger partial charge in [0.2, 0.25) is 18.6 Å². The fraction of sp³-hybridized carbons (Fsp3) is 0.250. The van der Waals surface area contributed by atoms with E-state index < -0.39 is 0 Å². The summed E-state index contributed by atoms with van der Waals surface area (Å²) >= 11 is 0. The van der Waals surface area contributed by atoms with Crippen LogP contribution < -0.4 is 20.2 Å². The number of carbonyl (C=O) groups excluding carboxylic acids is 2. The van der Waals surface area contributed by atoms with E-state index in [1.165, 1.54) is 6.21 Å². The standard InChI is InChI=1S/C20H21N3O4/c1-13-3-5-16(9-14(13)2)22-19(24)7-8-20(25)23-21-11-15-4-6-17-18(10-15)27-12-26-17/h3-6,9-11H,7-8,12H2,1-2H3,(H,22,24)(H,23,25)/b21-11-. The number of carbonyl (C=O) groups is 2. The second-order valence-corrected chi connectivity index (χ2v) is 6.25. The van der Waals surface area contributed by atoms with Crippen molar-refractivity contribution in [1.29, 1.82) is 0 Å². The maximum Gasteiger partial charge on any atom is 0.240 e. The minimum atomic E-state index is -0.331. The van der Waals surface area contributed by atoms with Crippen molar-refractivity contribution in [1.82, 2.24) is 5.43 Å². The average molecular weight is 367 g/mol. The van der Waals surface area contributed by atoms with Crippen LogP contribution in [0.15, 0.2) is 41.5 Å². The lowest BCUT2D eigenvalue weighted by Gasteiger charge is -2.07. The van der Waals surface area contributed by atoms with E-state index in [0.717, 1.165) is 22.4 Å². The van der Waals surface area contributed by atoms with E-state index in [9.17, 15) is 9.59 Å². The van der Waals surface area contributed by atoms with E-state index in [-0.39, 0.29) is 31.4 Å². The fourth-order valence-corrected chi connectivity index (χ4v) is 2.50. The zero-order chi connectivity index (χ0) is 19.2. The van der Waals surface area contributed by atoms with Crippen molar-refractivity contribution in [2.24, 2.45) is 5.10 Å². The topological polar surface area (TPSA) is 89.0 Å².